The van der Waals surface area contributed by atoms with Gasteiger partial charge in [0, 0.05) is 12.5 Å². The molecule has 0 aliphatic carbocycles. The molecule has 1 atom stereocenters. The predicted octanol–water partition coefficient (Wildman–Crippen LogP) is 2.09. The van der Waals surface area contributed by atoms with Gasteiger partial charge in [-0.05, 0) is 17.2 Å². The molecule has 0 bridgehead atoms. The lowest BCUT2D eigenvalue weighted by Crippen LogP contribution is -2.43. The zero-order valence-electron chi connectivity index (χ0n) is 13.0. The highest BCUT2D eigenvalue weighted by atomic mass is 19.1. The Morgan fingerprint density at radius 1 is 1.16 bits per heavy atom. The van der Waals surface area contributed by atoms with Crippen LogP contribution in [0.2, 0.25) is 0 Å². The second-order valence-electron chi connectivity index (χ2n) is 5.37. The van der Waals surface area contributed by atoms with E-state index in [4.69, 9.17) is 0 Å². The quantitative estimate of drug-likeness (QED) is 0.589. The Labute approximate surface area is 142 Å². The summed E-state index contributed by atoms with van der Waals surface area (Å²) in [4.78, 5) is 33.2. The number of nitro groups is 1. The summed E-state index contributed by atoms with van der Waals surface area (Å²) in [6.07, 6.45) is -0.189. The first-order valence-electron chi connectivity index (χ1n) is 7.35. The minimum absolute atomic E-state index is 0.00812. The third kappa shape index (κ3) is 5.10. The van der Waals surface area contributed by atoms with E-state index in [0.717, 1.165) is 17.7 Å². The number of carbonyl (C=O) groups is 2. The number of carboxylic acid groups (broad SMARTS) is 1. The molecule has 2 rings (SSSR count). The van der Waals surface area contributed by atoms with E-state index in [9.17, 15) is 29.2 Å². The zero-order chi connectivity index (χ0) is 18.4. The Morgan fingerprint density at radius 2 is 1.84 bits per heavy atom. The summed E-state index contributed by atoms with van der Waals surface area (Å²) in [6.45, 7) is 0. The summed E-state index contributed by atoms with van der Waals surface area (Å²) < 4.78 is 13.3. The smallest absolute Gasteiger partial charge is 0.326 e. The number of nitro benzene ring substituents is 1. The standard InChI is InChI=1S/C17H15FN2O5/c18-13-7-6-12(9-15(13)20(24)25)8-14(17(22)23)19-16(21)10-11-4-2-1-3-5-11/h1-7,9,14H,8,10H2,(H,19,21)(H,22,23)/t14-/m0/s1. The van der Waals surface area contributed by atoms with Crippen LogP contribution in [-0.4, -0.2) is 27.9 Å². The number of amides is 1. The summed E-state index contributed by atoms with van der Waals surface area (Å²) in [7, 11) is 0. The molecule has 130 valence electrons. The maximum atomic E-state index is 13.3. The highest BCUT2D eigenvalue weighted by Gasteiger charge is 2.22. The lowest BCUT2D eigenvalue weighted by Gasteiger charge is -2.15. The second kappa shape index (κ2) is 8.00. The SMILES string of the molecule is O=C(Cc1ccccc1)N[C@@H](Cc1ccc(F)c([N+](=O)[O-])c1)C(=O)O. The maximum Gasteiger partial charge on any atom is 0.326 e. The van der Waals surface area contributed by atoms with Crippen LogP contribution >= 0.6 is 0 Å². The number of rotatable bonds is 7. The number of benzene rings is 2. The molecule has 0 unspecified atom stereocenters. The topological polar surface area (TPSA) is 110 Å². The van der Waals surface area contributed by atoms with Gasteiger partial charge in [0.25, 0.3) is 0 Å². The molecule has 0 radical (unpaired) electrons. The van der Waals surface area contributed by atoms with E-state index in [1.165, 1.54) is 6.07 Å². The third-order valence-electron chi connectivity index (χ3n) is 3.49. The lowest BCUT2D eigenvalue weighted by atomic mass is 10.0. The van der Waals surface area contributed by atoms with Gasteiger partial charge in [-0.15, -0.1) is 0 Å². The van der Waals surface area contributed by atoms with Gasteiger partial charge in [-0.25, -0.2) is 4.79 Å². The molecule has 0 aliphatic rings. The van der Waals surface area contributed by atoms with Crippen molar-refractivity contribution in [3.63, 3.8) is 0 Å². The third-order valence-corrected chi connectivity index (χ3v) is 3.49. The van der Waals surface area contributed by atoms with Gasteiger partial charge in [0.15, 0.2) is 0 Å². The number of carboxylic acids is 1. The lowest BCUT2D eigenvalue weighted by molar-refractivity contribution is -0.387. The highest BCUT2D eigenvalue weighted by Crippen LogP contribution is 2.19. The number of hydrogen-bond donors (Lipinski definition) is 2. The molecule has 1 amide bonds. The van der Waals surface area contributed by atoms with Crippen molar-refractivity contribution >= 4 is 17.6 Å². The van der Waals surface area contributed by atoms with E-state index >= 15 is 0 Å². The van der Waals surface area contributed by atoms with Crippen molar-refractivity contribution < 1.29 is 24.0 Å². The summed E-state index contributed by atoms with van der Waals surface area (Å²) >= 11 is 0. The number of nitrogens with one attached hydrogen (secondary N) is 1. The number of aliphatic carboxylic acids is 1. The minimum Gasteiger partial charge on any atom is -0.480 e. The van der Waals surface area contributed by atoms with Gasteiger partial charge in [0.05, 0.1) is 11.3 Å². The Morgan fingerprint density at radius 3 is 2.44 bits per heavy atom. The van der Waals surface area contributed by atoms with Gasteiger partial charge >= 0.3 is 11.7 Å². The molecule has 2 aromatic rings. The predicted molar refractivity (Wildman–Crippen MR) is 86.5 cm³/mol. The highest BCUT2D eigenvalue weighted by molar-refractivity contribution is 5.85. The van der Waals surface area contributed by atoms with E-state index < -0.39 is 34.3 Å². The zero-order valence-corrected chi connectivity index (χ0v) is 13.0. The van der Waals surface area contributed by atoms with Gasteiger partial charge in [-0.2, -0.15) is 4.39 Å². The van der Waals surface area contributed by atoms with Crippen molar-refractivity contribution in [2.45, 2.75) is 18.9 Å². The molecular formula is C17H15FN2O5. The minimum atomic E-state index is -1.28. The summed E-state index contributed by atoms with van der Waals surface area (Å²) in [5.74, 6) is -2.78. The van der Waals surface area contributed by atoms with Crippen LogP contribution < -0.4 is 5.32 Å². The van der Waals surface area contributed by atoms with Gasteiger partial charge in [0.2, 0.25) is 11.7 Å². The van der Waals surface area contributed by atoms with Gasteiger partial charge in [-0.3, -0.25) is 14.9 Å². The average molecular weight is 346 g/mol. The Hall–Kier alpha value is -3.29. The normalized spacial score (nSPS) is 11.6. The van der Waals surface area contributed by atoms with E-state index in [1.807, 2.05) is 0 Å². The monoisotopic (exact) mass is 346 g/mol. The van der Waals surface area contributed by atoms with E-state index in [2.05, 4.69) is 5.32 Å². The van der Waals surface area contributed by atoms with Crippen molar-refractivity contribution in [2.75, 3.05) is 0 Å². The molecule has 0 aromatic heterocycles. The molecule has 2 aromatic carbocycles. The van der Waals surface area contributed by atoms with Crippen molar-refractivity contribution in [3.8, 4) is 0 Å². The molecule has 0 saturated heterocycles. The van der Waals surface area contributed by atoms with Crippen LogP contribution in [0.4, 0.5) is 10.1 Å². The first kappa shape index (κ1) is 18.1. The molecule has 0 spiro atoms. The summed E-state index contributed by atoms with van der Waals surface area (Å²) in [5.41, 5.74) is 0.222. The maximum absolute atomic E-state index is 13.3. The van der Waals surface area contributed by atoms with Crippen LogP contribution in [-0.2, 0) is 22.4 Å². The van der Waals surface area contributed by atoms with Crippen molar-refractivity contribution in [3.05, 3.63) is 75.6 Å². The molecule has 0 saturated carbocycles. The number of nitrogens with zero attached hydrogens (tertiary/aromatic N) is 1. The first-order chi connectivity index (χ1) is 11.9. The number of hydrogen-bond acceptors (Lipinski definition) is 4. The molecule has 25 heavy (non-hydrogen) atoms. The van der Waals surface area contributed by atoms with Gasteiger partial charge in [0.1, 0.15) is 6.04 Å². The van der Waals surface area contributed by atoms with Crippen LogP contribution in [0.15, 0.2) is 48.5 Å². The van der Waals surface area contributed by atoms with E-state index in [1.54, 1.807) is 30.3 Å². The van der Waals surface area contributed by atoms with Crippen LogP contribution in [0.25, 0.3) is 0 Å². The molecule has 2 N–H and O–H groups in total. The van der Waals surface area contributed by atoms with Crippen molar-refractivity contribution in [1.82, 2.24) is 5.32 Å². The van der Waals surface area contributed by atoms with Gasteiger partial charge in [-0.1, -0.05) is 36.4 Å². The van der Waals surface area contributed by atoms with E-state index in [-0.39, 0.29) is 18.4 Å². The summed E-state index contributed by atoms with van der Waals surface area (Å²) in [6, 6.07) is 10.6. The van der Waals surface area contributed by atoms with E-state index in [0.29, 0.717) is 0 Å². The number of halogens is 1. The van der Waals surface area contributed by atoms with Crippen LogP contribution in [0.5, 0.6) is 0 Å². The van der Waals surface area contributed by atoms with Crippen LogP contribution in [0, 0.1) is 15.9 Å². The Bertz CT molecular complexity index is 795. The molecule has 0 fully saturated rings. The molecule has 8 heteroatoms. The molecule has 0 aliphatic heterocycles. The fourth-order valence-electron chi connectivity index (χ4n) is 2.29. The van der Waals surface area contributed by atoms with Crippen LogP contribution in [0.3, 0.4) is 0 Å². The fraction of sp³-hybridized carbons (Fsp3) is 0.176. The summed E-state index contributed by atoms with van der Waals surface area (Å²) in [5, 5.41) is 22.4. The van der Waals surface area contributed by atoms with Gasteiger partial charge < -0.3 is 10.4 Å². The van der Waals surface area contributed by atoms with Crippen LogP contribution in [0.1, 0.15) is 11.1 Å². The largest absolute Gasteiger partial charge is 0.480 e. The Balaban J connectivity index is 2.08. The number of carbonyl (C=O) groups excluding carboxylic acids is 1. The fourth-order valence-corrected chi connectivity index (χ4v) is 2.29. The first-order valence-corrected chi connectivity index (χ1v) is 7.35. The Kier molecular flexibility index (Phi) is 5.78. The second-order valence-corrected chi connectivity index (χ2v) is 5.37. The van der Waals surface area contributed by atoms with Crippen molar-refractivity contribution in [2.24, 2.45) is 0 Å². The van der Waals surface area contributed by atoms with Crippen molar-refractivity contribution in [1.29, 1.82) is 0 Å². The average Bonchev–Trinajstić information content (AvgIpc) is 2.56. The molecular weight excluding hydrogens is 331 g/mol. The molecule has 7 nitrogen and oxygen atoms in total. The molecule has 0 heterocycles.